The van der Waals surface area contributed by atoms with Gasteiger partial charge in [-0.25, -0.2) is 0 Å². The number of hydrogen-bond acceptors (Lipinski definition) is 6. The van der Waals surface area contributed by atoms with E-state index in [0.29, 0.717) is 5.56 Å². The Morgan fingerprint density at radius 2 is 1.58 bits per heavy atom. The molecule has 3 atom stereocenters. The van der Waals surface area contributed by atoms with E-state index in [1.54, 1.807) is 45.0 Å². The third-order valence-electron chi connectivity index (χ3n) is 5.67. The summed E-state index contributed by atoms with van der Waals surface area (Å²) < 4.78 is 11.7. The number of rotatable bonds is 1. The van der Waals surface area contributed by atoms with Crippen LogP contribution in [0.4, 0.5) is 0 Å². The van der Waals surface area contributed by atoms with E-state index in [2.05, 4.69) is 12.1 Å². The molecule has 0 aliphatic carbocycles. The summed E-state index contributed by atoms with van der Waals surface area (Å²) in [6, 6.07) is 15.1. The molecule has 1 N–H and O–H groups in total. The minimum absolute atomic E-state index is 0.393. The topological polar surface area (TPSA) is 114 Å². The number of fused-ring (bicyclic) bond motifs is 3. The third kappa shape index (κ3) is 1.39. The zero-order valence-corrected chi connectivity index (χ0v) is 13.6. The van der Waals surface area contributed by atoms with E-state index in [0.717, 1.165) is 0 Å². The molecule has 3 fully saturated rings. The summed E-state index contributed by atoms with van der Waals surface area (Å²) in [5.74, 6) is -1.77. The first-order valence-corrected chi connectivity index (χ1v) is 7.51. The highest BCUT2D eigenvalue weighted by Crippen LogP contribution is 2.71. The van der Waals surface area contributed by atoms with Gasteiger partial charge < -0.3 is 9.47 Å². The van der Waals surface area contributed by atoms with Crippen molar-refractivity contribution < 1.29 is 9.47 Å². The average Bonchev–Trinajstić information content (AvgIpc) is 2.57. The van der Waals surface area contributed by atoms with Gasteiger partial charge in [0.2, 0.25) is 11.7 Å². The van der Waals surface area contributed by atoms with Gasteiger partial charge in [-0.1, -0.05) is 44.2 Å². The van der Waals surface area contributed by atoms with Crippen LogP contribution in [0.1, 0.15) is 32.4 Å². The van der Waals surface area contributed by atoms with Crippen LogP contribution in [0, 0.1) is 55.6 Å². The Balaban J connectivity index is 2.40. The normalized spacial score (nSPS) is 35.2. The van der Waals surface area contributed by atoms with Crippen molar-refractivity contribution in [2.45, 2.75) is 32.7 Å². The Morgan fingerprint density at radius 3 is 2.08 bits per heavy atom. The summed E-state index contributed by atoms with van der Waals surface area (Å²) in [6.07, 6.45) is -0.942. The second-order valence-corrected chi connectivity index (χ2v) is 6.80. The Kier molecular flexibility index (Phi) is 3.05. The minimum Gasteiger partial charge on any atom is -0.447 e. The number of nitrogens with one attached hydrogen (secondary N) is 1. The molecule has 4 rings (SSSR count). The van der Waals surface area contributed by atoms with Crippen LogP contribution < -0.4 is 0 Å². The first kappa shape index (κ1) is 16.0. The minimum atomic E-state index is -1.85. The van der Waals surface area contributed by atoms with Crippen molar-refractivity contribution in [1.29, 1.82) is 21.2 Å². The quantitative estimate of drug-likeness (QED) is 0.854. The van der Waals surface area contributed by atoms with E-state index in [9.17, 15) is 15.8 Å². The van der Waals surface area contributed by atoms with Crippen LogP contribution in [0.2, 0.25) is 0 Å². The molecule has 3 unspecified atom stereocenters. The van der Waals surface area contributed by atoms with E-state index >= 15 is 0 Å². The monoisotopic (exact) mass is 320 g/mol. The lowest BCUT2D eigenvalue weighted by Gasteiger charge is -2.65. The van der Waals surface area contributed by atoms with Crippen LogP contribution in [-0.2, 0) is 9.47 Å². The third-order valence-corrected chi connectivity index (χ3v) is 5.67. The summed E-state index contributed by atoms with van der Waals surface area (Å²) >= 11 is 0. The molecule has 3 saturated heterocycles. The smallest absolute Gasteiger partial charge is 0.217 e. The molecule has 0 aromatic heterocycles. The van der Waals surface area contributed by atoms with Crippen molar-refractivity contribution in [3.05, 3.63) is 35.9 Å². The van der Waals surface area contributed by atoms with Gasteiger partial charge in [-0.15, -0.1) is 0 Å². The highest BCUT2D eigenvalue weighted by Gasteiger charge is 2.82. The van der Waals surface area contributed by atoms with Crippen molar-refractivity contribution in [1.82, 2.24) is 0 Å². The second kappa shape index (κ2) is 4.57. The van der Waals surface area contributed by atoms with Crippen LogP contribution >= 0.6 is 0 Å². The number of nitriles is 3. The molecular formula is C18H16N4O2. The van der Waals surface area contributed by atoms with Crippen LogP contribution in [-0.4, -0.2) is 11.7 Å². The first-order valence-electron chi connectivity index (χ1n) is 7.51. The van der Waals surface area contributed by atoms with Crippen LogP contribution in [0.15, 0.2) is 30.3 Å². The maximum Gasteiger partial charge on any atom is 0.217 e. The number of nitrogens with zero attached hydrogens (tertiary/aromatic N) is 3. The number of benzene rings is 1. The molecule has 1 aromatic rings. The van der Waals surface area contributed by atoms with Crippen LogP contribution in [0.5, 0.6) is 0 Å². The van der Waals surface area contributed by atoms with Crippen LogP contribution in [0.3, 0.4) is 0 Å². The molecule has 3 heterocycles. The van der Waals surface area contributed by atoms with Gasteiger partial charge in [-0.2, -0.15) is 15.8 Å². The van der Waals surface area contributed by atoms with Gasteiger partial charge in [0.1, 0.15) is 6.10 Å². The highest BCUT2D eigenvalue weighted by atomic mass is 16.7. The Morgan fingerprint density at radius 1 is 1.00 bits per heavy atom. The molecule has 0 amide bonds. The zero-order valence-electron chi connectivity index (χ0n) is 13.6. The fourth-order valence-electron chi connectivity index (χ4n) is 3.83. The standard InChI is InChI=1S/C18H16N4O2/c1-15(2)16(3)23-13(12-7-5-4-6-8-12)18(11-21,14(22)24-16)17(15,9-19)10-20/h4-8,13,22H,1-3H3. The molecule has 0 spiro atoms. The molecule has 24 heavy (non-hydrogen) atoms. The van der Waals surface area contributed by atoms with E-state index in [-0.39, 0.29) is 0 Å². The highest BCUT2D eigenvalue weighted by molar-refractivity contribution is 5.89. The maximum atomic E-state index is 10.0. The van der Waals surface area contributed by atoms with Gasteiger partial charge in [0, 0.05) is 6.92 Å². The first-order chi connectivity index (χ1) is 11.3. The molecule has 6 nitrogen and oxygen atoms in total. The summed E-state index contributed by atoms with van der Waals surface area (Å²) in [7, 11) is 0. The predicted molar refractivity (Wildman–Crippen MR) is 83.0 cm³/mol. The molecule has 0 saturated carbocycles. The van der Waals surface area contributed by atoms with Crippen molar-refractivity contribution in [3.63, 3.8) is 0 Å². The van der Waals surface area contributed by atoms with Crippen LogP contribution in [0.25, 0.3) is 0 Å². The van der Waals surface area contributed by atoms with E-state index in [1.165, 1.54) is 0 Å². The maximum absolute atomic E-state index is 10.0. The molecule has 120 valence electrons. The molecule has 6 heteroatoms. The fraction of sp³-hybridized carbons (Fsp3) is 0.444. The van der Waals surface area contributed by atoms with Gasteiger partial charge in [-0.05, 0) is 5.56 Å². The molecule has 2 bridgehead atoms. The summed E-state index contributed by atoms with van der Waals surface area (Å²) in [5, 5.41) is 38.3. The average molecular weight is 320 g/mol. The Hall–Kier alpha value is -2.88. The summed E-state index contributed by atoms with van der Waals surface area (Å²) in [4.78, 5) is 0. The lowest BCUT2D eigenvalue weighted by atomic mass is 9.45. The SMILES string of the molecule is CC12OC(=N)C(C#N)(C(c3ccccc3)O1)C(C#N)(C#N)C2(C)C. The molecule has 0 radical (unpaired) electrons. The largest absolute Gasteiger partial charge is 0.447 e. The van der Waals surface area contributed by atoms with Crippen molar-refractivity contribution in [2.24, 2.45) is 16.2 Å². The molecule has 1 aromatic carbocycles. The molecular weight excluding hydrogens is 304 g/mol. The molecule has 3 aliphatic heterocycles. The second-order valence-electron chi connectivity index (χ2n) is 6.80. The fourth-order valence-corrected chi connectivity index (χ4v) is 3.83. The summed E-state index contributed by atoms with van der Waals surface area (Å²) in [6.45, 7) is 4.94. The van der Waals surface area contributed by atoms with E-state index in [1.807, 2.05) is 12.1 Å². The van der Waals surface area contributed by atoms with Crippen molar-refractivity contribution in [2.75, 3.05) is 0 Å². The van der Waals surface area contributed by atoms with Gasteiger partial charge in [0.25, 0.3) is 0 Å². The number of hydrogen-bond donors (Lipinski definition) is 1. The molecule has 3 aliphatic rings. The summed E-state index contributed by atoms with van der Waals surface area (Å²) in [5.41, 5.74) is -4.14. The van der Waals surface area contributed by atoms with E-state index < -0.39 is 34.0 Å². The lowest BCUT2D eigenvalue weighted by molar-refractivity contribution is -0.371. The van der Waals surface area contributed by atoms with Gasteiger partial charge in [0.15, 0.2) is 10.8 Å². The number of ether oxygens (including phenoxy) is 2. The van der Waals surface area contributed by atoms with E-state index in [4.69, 9.17) is 14.9 Å². The van der Waals surface area contributed by atoms with Gasteiger partial charge in [-0.3, -0.25) is 5.41 Å². The lowest BCUT2D eigenvalue weighted by Crippen LogP contribution is -2.75. The zero-order chi connectivity index (χ0) is 17.8. The van der Waals surface area contributed by atoms with Crippen molar-refractivity contribution in [3.8, 4) is 18.2 Å². The predicted octanol–water partition coefficient (Wildman–Crippen LogP) is 3.05. The Labute approximate surface area is 140 Å². The van der Waals surface area contributed by atoms with Gasteiger partial charge >= 0.3 is 0 Å². The van der Waals surface area contributed by atoms with Gasteiger partial charge in [0.05, 0.1) is 23.6 Å². The Bertz CT molecular complexity index is 829. The van der Waals surface area contributed by atoms with Crippen molar-refractivity contribution >= 4 is 5.90 Å².